The average Bonchev–Trinajstić information content (AvgIpc) is 2.88. The number of likely N-dealkylation sites (tertiary alicyclic amines) is 1. The number of hydrogen-bond acceptors (Lipinski definition) is 3. The Hall–Kier alpha value is -3.04. The predicted octanol–water partition coefficient (Wildman–Crippen LogP) is 7.10. The van der Waals surface area contributed by atoms with Crippen LogP contribution in [0.15, 0.2) is 60.7 Å². The van der Waals surface area contributed by atoms with Crippen molar-refractivity contribution in [3.63, 3.8) is 0 Å². The topological polar surface area (TPSA) is 73.2 Å². The van der Waals surface area contributed by atoms with E-state index in [-0.39, 0.29) is 17.7 Å². The van der Waals surface area contributed by atoms with Crippen LogP contribution in [0.4, 0.5) is 5.69 Å². The van der Waals surface area contributed by atoms with Crippen molar-refractivity contribution in [1.29, 1.82) is 5.26 Å². The molecule has 0 bridgehead atoms. The van der Waals surface area contributed by atoms with Crippen LogP contribution >= 0.6 is 34.8 Å². The van der Waals surface area contributed by atoms with Crippen LogP contribution in [-0.2, 0) is 4.79 Å². The molecule has 0 radical (unpaired) electrons. The molecule has 184 valence electrons. The van der Waals surface area contributed by atoms with Crippen molar-refractivity contribution in [2.45, 2.75) is 25.7 Å². The van der Waals surface area contributed by atoms with Crippen LogP contribution in [0, 0.1) is 24.2 Å². The molecule has 5 nitrogen and oxygen atoms in total. The molecule has 0 spiro atoms. The predicted molar refractivity (Wildman–Crippen MR) is 144 cm³/mol. The molecule has 36 heavy (non-hydrogen) atoms. The van der Waals surface area contributed by atoms with Gasteiger partial charge >= 0.3 is 0 Å². The van der Waals surface area contributed by atoms with E-state index in [1.54, 1.807) is 47.4 Å². The molecule has 3 aromatic rings. The summed E-state index contributed by atoms with van der Waals surface area (Å²) in [5, 5.41) is 14.4. The lowest BCUT2D eigenvalue weighted by Gasteiger charge is -2.31. The zero-order valence-electron chi connectivity index (χ0n) is 19.6. The second kappa shape index (κ2) is 11.3. The minimum absolute atomic E-state index is 0.0588. The Bertz CT molecular complexity index is 1310. The summed E-state index contributed by atoms with van der Waals surface area (Å²) in [5.74, 6) is -0.926. The van der Waals surface area contributed by atoms with Gasteiger partial charge in [-0.25, -0.2) is 0 Å². The molecule has 1 aliphatic rings. The van der Waals surface area contributed by atoms with Gasteiger partial charge in [0.25, 0.3) is 5.91 Å². The van der Waals surface area contributed by atoms with E-state index in [2.05, 4.69) is 11.4 Å². The zero-order chi connectivity index (χ0) is 25.8. The summed E-state index contributed by atoms with van der Waals surface area (Å²) in [4.78, 5) is 27.5. The molecule has 1 fully saturated rings. The number of hydrogen-bond donors (Lipinski definition) is 1. The molecular weight excluding hydrogens is 517 g/mol. The van der Waals surface area contributed by atoms with Gasteiger partial charge in [-0.15, -0.1) is 0 Å². The smallest absolute Gasteiger partial charge is 0.253 e. The number of nitrogens with one attached hydrogen (secondary N) is 1. The highest BCUT2D eigenvalue weighted by molar-refractivity contribution is 6.32. The van der Waals surface area contributed by atoms with Gasteiger partial charge in [0.05, 0.1) is 12.0 Å². The first-order valence-corrected chi connectivity index (χ1v) is 12.7. The Balaban J connectivity index is 1.41. The van der Waals surface area contributed by atoms with Gasteiger partial charge in [-0.2, -0.15) is 5.26 Å². The Morgan fingerprint density at radius 3 is 2.14 bits per heavy atom. The van der Waals surface area contributed by atoms with Crippen molar-refractivity contribution in [3.8, 4) is 6.07 Å². The third kappa shape index (κ3) is 5.84. The summed E-state index contributed by atoms with van der Waals surface area (Å²) in [6.45, 7) is 2.88. The van der Waals surface area contributed by atoms with Crippen molar-refractivity contribution < 1.29 is 9.59 Å². The summed E-state index contributed by atoms with van der Waals surface area (Å²) in [5.41, 5.74) is 3.47. The average molecular weight is 541 g/mol. The van der Waals surface area contributed by atoms with Crippen LogP contribution < -0.4 is 5.32 Å². The summed E-state index contributed by atoms with van der Waals surface area (Å²) >= 11 is 18.5. The number of piperidine rings is 1. The van der Waals surface area contributed by atoms with Gasteiger partial charge in [-0.05, 0) is 78.9 Å². The Morgan fingerprint density at radius 1 is 0.972 bits per heavy atom. The monoisotopic (exact) mass is 539 g/mol. The van der Waals surface area contributed by atoms with Crippen LogP contribution in [-0.4, -0.2) is 29.8 Å². The van der Waals surface area contributed by atoms with Crippen molar-refractivity contribution >= 4 is 52.3 Å². The molecule has 1 N–H and O–H groups in total. The molecule has 4 rings (SSSR count). The molecule has 3 aromatic carbocycles. The number of benzene rings is 3. The van der Waals surface area contributed by atoms with Gasteiger partial charge in [0.15, 0.2) is 0 Å². The van der Waals surface area contributed by atoms with Crippen molar-refractivity contribution in [2.75, 3.05) is 18.4 Å². The SMILES string of the molecule is Cc1cc(C(C#N)c2ccc(Cl)cc2)c(Cl)cc1NC(=O)C1CCN(C(=O)c2ccc(Cl)cc2)CC1. The van der Waals surface area contributed by atoms with Gasteiger partial charge in [0, 0.05) is 45.3 Å². The van der Waals surface area contributed by atoms with E-state index in [1.165, 1.54) is 0 Å². The molecule has 1 atom stereocenters. The fourth-order valence-corrected chi connectivity index (χ4v) is 4.92. The van der Waals surface area contributed by atoms with E-state index < -0.39 is 5.92 Å². The maximum Gasteiger partial charge on any atom is 0.253 e. The number of rotatable bonds is 5. The molecule has 0 saturated carbocycles. The van der Waals surface area contributed by atoms with E-state index in [0.29, 0.717) is 57.8 Å². The fraction of sp³-hybridized carbons (Fsp3) is 0.250. The molecule has 1 aliphatic heterocycles. The summed E-state index contributed by atoms with van der Waals surface area (Å²) in [7, 11) is 0. The van der Waals surface area contributed by atoms with E-state index in [0.717, 1.165) is 11.1 Å². The van der Waals surface area contributed by atoms with Crippen molar-refractivity contribution in [2.24, 2.45) is 5.92 Å². The number of carbonyl (C=O) groups is 2. The molecule has 2 amide bonds. The molecule has 1 saturated heterocycles. The molecule has 1 unspecified atom stereocenters. The highest BCUT2D eigenvalue weighted by atomic mass is 35.5. The van der Waals surface area contributed by atoms with E-state index in [9.17, 15) is 14.9 Å². The summed E-state index contributed by atoms with van der Waals surface area (Å²) in [6, 6.07) is 19.8. The van der Waals surface area contributed by atoms with Crippen molar-refractivity contribution in [1.82, 2.24) is 4.90 Å². The minimum atomic E-state index is -0.555. The number of aryl methyl sites for hydroxylation is 1. The first kappa shape index (κ1) is 26.0. The third-order valence-corrected chi connectivity index (χ3v) is 7.32. The van der Waals surface area contributed by atoms with Crippen LogP contribution in [0.25, 0.3) is 0 Å². The van der Waals surface area contributed by atoms with Gasteiger partial charge in [-0.1, -0.05) is 53.0 Å². The second-order valence-electron chi connectivity index (χ2n) is 8.86. The maximum atomic E-state index is 13.0. The standard InChI is InChI=1S/C28H24Cl3N3O2/c1-17-14-23(24(16-32)18-2-6-21(29)7-3-18)25(31)15-26(17)33-27(35)19-10-12-34(13-11-19)28(36)20-4-8-22(30)9-5-20/h2-9,14-15,19,24H,10-13H2,1H3,(H,33,35). The second-order valence-corrected chi connectivity index (χ2v) is 10.1. The number of halogens is 3. The molecule has 0 aromatic heterocycles. The molecular formula is C28H24Cl3N3O2. The molecule has 1 heterocycles. The van der Waals surface area contributed by atoms with E-state index in [4.69, 9.17) is 34.8 Å². The number of anilines is 1. The van der Waals surface area contributed by atoms with Gasteiger partial charge in [0.1, 0.15) is 0 Å². The normalized spacial score (nSPS) is 14.7. The lowest BCUT2D eigenvalue weighted by Crippen LogP contribution is -2.41. The van der Waals surface area contributed by atoms with E-state index >= 15 is 0 Å². The number of amides is 2. The van der Waals surface area contributed by atoms with Crippen LogP contribution in [0.5, 0.6) is 0 Å². The fourth-order valence-electron chi connectivity index (χ4n) is 4.39. The Morgan fingerprint density at radius 2 is 1.56 bits per heavy atom. The van der Waals surface area contributed by atoms with Crippen molar-refractivity contribution in [3.05, 3.63) is 98.0 Å². The van der Waals surface area contributed by atoms with Gasteiger partial charge < -0.3 is 10.2 Å². The Labute approximate surface area is 225 Å². The lowest BCUT2D eigenvalue weighted by atomic mass is 9.91. The maximum absolute atomic E-state index is 13.0. The van der Waals surface area contributed by atoms with Crippen LogP contribution in [0.3, 0.4) is 0 Å². The largest absolute Gasteiger partial charge is 0.339 e. The van der Waals surface area contributed by atoms with Crippen LogP contribution in [0.2, 0.25) is 15.1 Å². The van der Waals surface area contributed by atoms with Gasteiger partial charge in [-0.3, -0.25) is 9.59 Å². The summed E-state index contributed by atoms with van der Waals surface area (Å²) < 4.78 is 0. The lowest BCUT2D eigenvalue weighted by molar-refractivity contribution is -0.121. The number of nitriles is 1. The summed E-state index contributed by atoms with van der Waals surface area (Å²) in [6.07, 6.45) is 1.15. The first-order chi connectivity index (χ1) is 17.3. The van der Waals surface area contributed by atoms with E-state index in [1.807, 2.05) is 25.1 Å². The minimum Gasteiger partial charge on any atom is -0.339 e. The highest BCUT2D eigenvalue weighted by Crippen LogP contribution is 2.35. The molecule has 8 heteroatoms. The Kier molecular flexibility index (Phi) is 8.21. The van der Waals surface area contributed by atoms with Gasteiger partial charge in [0.2, 0.25) is 5.91 Å². The number of nitrogens with zero attached hydrogens (tertiary/aromatic N) is 2. The first-order valence-electron chi connectivity index (χ1n) is 11.6. The zero-order valence-corrected chi connectivity index (χ0v) is 21.9. The molecule has 0 aliphatic carbocycles. The third-order valence-electron chi connectivity index (χ3n) is 6.49. The highest BCUT2D eigenvalue weighted by Gasteiger charge is 2.28. The number of carbonyl (C=O) groups excluding carboxylic acids is 2. The van der Waals surface area contributed by atoms with Crippen LogP contribution in [0.1, 0.15) is 45.8 Å². The quantitative estimate of drug-likeness (QED) is 0.375.